The zero-order valence-electron chi connectivity index (χ0n) is 13.5. The summed E-state index contributed by atoms with van der Waals surface area (Å²) in [5, 5.41) is 0. The van der Waals surface area contributed by atoms with Crippen molar-refractivity contribution in [2.75, 3.05) is 0 Å². The molecular formula is C19H25P. The predicted octanol–water partition coefficient (Wildman–Crippen LogP) is 5.50. The smallest absolute Gasteiger partial charge is 0.0239 e. The molecule has 0 spiro atoms. The van der Waals surface area contributed by atoms with Gasteiger partial charge < -0.3 is 0 Å². The Morgan fingerprint density at radius 1 is 0.600 bits per heavy atom. The summed E-state index contributed by atoms with van der Waals surface area (Å²) < 4.78 is 0. The van der Waals surface area contributed by atoms with Crippen LogP contribution in [0.15, 0.2) is 24.3 Å². The number of benzene rings is 2. The maximum atomic E-state index is 3.03. The van der Waals surface area contributed by atoms with Crippen LogP contribution < -0.4 is 0 Å². The molecule has 0 fully saturated rings. The summed E-state index contributed by atoms with van der Waals surface area (Å²) in [7, 11) is 3.03. The number of rotatable bonds is 2. The standard InChI is InChI=1S/C19H25P/c1-11-7-9-17(15(5)13(11)3)19(20)18-10-8-12(2)14(4)16(18)6/h7-10,19H,20H2,1-6H3. The van der Waals surface area contributed by atoms with Crippen molar-refractivity contribution < 1.29 is 0 Å². The predicted molar refractivity (Wildman–Crippen MR) is 92.9 cm³/mol. The summed E-state index contributed by atoms with van der Waals surface area (Å²) in [6.07, 6.45) is 0. The van der Waals surface area contributed by atoms with Crippen molar-refractivity contribution in [3.63, 3.8) is 0 Å². The van der Waals surface area contributed by atoms with E-state index in [1.807, 2.05) is 0 Å². The normalized spacial score (nSPS) is 11.2. The first-order chi connectivity index (χ1) is 9.34. The molecule has 0 radical (unpaired) electrons. The minimum absolute atomic E-state index is 0.369. The quantitative estimate of drug-likeness (QED) is 0.639. The number of hydrogen-bond acceptors (Lipinski definition) is 0. The second-order valence-corrected chi connectivity index (χ2v) is 6.59. The molecule has 1 atom stereocenters. The fourth-order valence-electron chi connectivity index (χ4n) is 2.80. The van der Waals surface area contributed by atoms with Gasteiger partial charge in [-0.25, -0.2) is 0 Å². The molecule has 0 amide bonds. The van der Waals surface area contributed by atoms with Gasteiger partial charge in [0.25, 0.3) is 0 Å². The van der Waals surface area contributed by atoms with Gasteiger partial charge in [-0.05, 0) is 86.1 Å². The van der Waals surface area contributed by atoms with Gasteiger partial charge in [0.2, 0.25) is 0 Å². The van der Waals surface area contributed by atoms with Gasteiger partial charge in [-0.15, -0.1) is 9.24 Å². The molecule has 0 aliphatic rings. The second-order valence-electron chi connectivity index (χ2n) is 5.92. The van der Waals surface area contributed by atoms with E-state index in [0.29, 0.717) is 5.66 Å². The zero-order chi connectivity index (χ0) is 15.0. The molecule has 1 unspecified atom stereocenters. The first-order valence-electron chi connectivity index (χ1n) is 7.23. The van der Waals surface area contributed by atoms with Gasteiger partial charge in [0.15, 0.2) is 0 Å². The van der Waals surface area contributed by atoms with Crippen LogP contribution >= 0.6 is 9.24 Å². The minimum Gasteiger partial charge on any atom is -0.125 e. The van der Waals surface area contributed by atoms with Crippen LogP contribution in [0.3, 0.4) is 0 Å². The molecule has 0 aliphatic heterocycles. The molecule has 0 heterocycles. The third-order valence-corrected chi connectivity index (χ3v) is 5.59. The van der Waals surface area contributed by atoms with E-state index in [-0.39, 0.29) is 0 Å². The molecule has 2 aromatic rings. The van der Waals surface area contributed by atoms with Gasteiger partial charge in [-0.3, -0.25) is 0 Å². The third kappa shape index (κ3) is 2.54. The van der Waals surface area contributed by atoms with Gasteiger partial charge in [0.1, 0.15) is 0 Å². The van der Waals surface area contributed by atoms with Gasteiger partial charge in [0.05, 0.1) is 0 Å². The fourth-order valence-corrected chi connectivity index (χ4v) is 3.52. The van der Waals surface area contributed by atoms with Gasteiger partial charge >= 0.3 is 0 Å². The van der Waals surface area contributed by atoms with Crippen LogP contribution in [0.1, 0.15) is 50.2 Å². The average molecular weight is 284 g/mol. The monoisotopic (exact) mass is 284 g/mol. The van der Waals surface area contributed by atoms with Crippen molar-refractivity contribution in [3.8, 4) is 0 Å². The lowest BCUT2D eigenvalue weighted by molar-refractivity contribution is 1.06. The van der Waals surface area contributed by atoms with Crippen LogP contribution in [0.5, 0.6) is 0 Å². The summed E-state index contributed by atoms with van der Waals surface area (Å²) in [5.74, 6) is 0. The lowest BCUT2D eigenvalue weighted by Gasteiger charge is -2.21. The van der Waals surface area contributed by atoms with Crippen molar-refractivity contribution in [2.24, 2.45) is 0 Å². The maximum Gasteiger partial charge on any atom is 0.0239 e. The van der Waals surface area contributed by atoms with E-state index in [1.54, 1.807) is 0 Å². The van der Waals surface area contributed by atoms with E-state index in [9.17, 15) is 0 Å². The highest BCUT2D eigenvalue weighted by Gasteiger charge is 2.16. The molecule has 106 valence electrons. The van der Waals surface area contributed by atoms with Gasteiger partial charge in [-0.1, -0.05) is 24.3 Å². The van der Waals surface area contributed by atoms with Crippen molar-refractivity contribution in [1.82, 2.24) is 0 Å². The van der Waals surface area contributed by atoms with Crippen molar-refractivity contribution in [2.45, 2.75) is 47.2 Å². The van der Waals surface area contributed by atoms with Crippen molar-refractivity contribution >= 4 is 9.24 Å². The number of aryl methyl sites for hydroxylation is 2. The molecule has 0 aromatic heterocycles. The molecule has 20 heavy (non-hydrogen) atoms. The van der Waals surface area contributed by atoms with Crippen molar-refractivity contribution in [1.29, 1.82) is 0 Å². The highest BCUT2D eigenvalue weighted by Crippen LogP contribution is 2.37. The first kappa shape index (κ1) is 15.3. The van der Waals surface area contributed by atoms with Gasteiger partial charge in [0, 0.05) is 5.66 Å². The summed E-state index contributed by atoms with van der Waals surface area (Å²) in [6, 6.07) is 9.05. The molecule has 0 saturated carbocycles. The average Bonchev–Trinajstić information content (AvgIpc) is 2.42. The van der Waals surface area contributed by atoms with E-state index in [4.69, 9.17) is 0 Å². The molecule has 0 N–H and O–H groups in total. The fraction of sp³-hybridized carbons (Fsp3) is 0.368. The Hall–Kier alpha value is -1.13. The Kier molecular flexibility index (Phi) is 4.35. The molecule has 0 bridgehead atoms. The molecule has 2 rings (SSSR count). The largest absolute Gasteiger partial charge is 0.125 e. The topological polar surface area (TPSA) is 0 Å². The zero-order valence-corrected chi connectivity index (χ0v) is 14.6. The van der Waals surface area contributed by atoms with E-state index in [0.717, 1.165) is 0 Å². The van der Waals surface area contributed by atoms with Crippen LogP contribution in [0.2, 0.25) is 0 Å². The number of hydrogen-bond donors (Lipinski definition) is 0. The molecule has 2 aromatic carbocycles. The Morgan fingerprint density at radius 3 is 1.30 bits per heavy atom. The van der Waals surface area contributed by atoms with Crippen LogP contribution in [0.25, 0.3) is 0 Å². The van der Waals surface area contributed by atoms with Crippen LogP contribution in [0, 0.1) is 41.5 Å². The van der Waals surface area contributed by atoms with Crippen molar-refractivity contribution in [3.05, 3.63) is 68.8 Å². The summed E-state index contributed by atoms with van der Waals surface area (Å²) in [6.45, 7) is 13.3. The highest BCUT2D eigenvalue weighted by atomic mass is 31.0. The van der Waals surface area contributed by atoms with E-state index < -0.39 is 0 Å². The highest BCUT2D eigenvalue weighted by molar-refractivity contribution is 7.17. The molecule has 0 saturated heterocycles. The van der Waals surface area contributed by atoms with E-state index in [1.165, 1.54) is 44.5 Å². The van der Waals surface area contributed by atoms with Crippen LogP contribution in [0.4, 0.5) is 0 Å². The Morgan fingerprint density at radius 2 is 0.950 bits per heavy atom. The van der Waals surface area contributed by atoms with Gasteiger partial charge in [-0.2, -0.15) is 0 Å². The molecular weight excluding hydrogens is 259 g/mol. The SMILES string of the molecule is Cc1ccc(C(P)c2ccc(C)c(C)c2C)c(C)c1C. The lowest BCUT2D eigenvalue weighted by atomic mass is 9.90. The maximum absolute atomic E-state index is 3.03. The van der Waals surface area contributed by atoms with Crippen LogP contribution in [-0.4, -0.2) is 0 Å². The minimum atomic E-state index is 0.369. The molecule has 0 nitrogen and oxygen atoms in total. The van der Waals surface area contributed by atoms with E-state index >= 15 is 0 Å². The molecule has 0 aliphatic carbocycles. The Balaban J connectivity index is 2.55. The third-order valence-electron chi connectivity index (χ3n) is 4.87. The van der Waals surface area contributed by atoms with E-state index in [2.05, 4.69) is 75.0 Å². The first-order valence-corrected chi connectivity index (χ1v) is 7.90. The summed E-state index contributed by atoms with van der Waals surface area (Å²) in [5.41, 5.74) is 11.6. The summed E-state index contributed by atoms with van der Waals surface area (Å²) >= 11 is 0. The molecule has 1 heteroatoms. The van der Waals surface area contributed by atoms with Crippen LogP contribution in [-0.2, 0) is 0 Å². The second kappa shape index (κ2) is 5.70. The Bertz CT molecular complexity index is 596. The Labute approximate surface area is 125 Å². The lowest BCUT2D eigenvalue weighted by Crippen LogP contribution is -2.02. The summed E-state index contributed by atoms with van der Waals surface area (Å²) in [4.78, 5) is 0.